The van der Waals surface area contributed by atoms with E-state index >= 15 is 0 Å². The zero-order chi connectivity index (χ0) is 14.9. The summed E-state index contributed by atoms with van der Waals surface area (Å²) in [5.41, 5.74) is 3.17. The summed E-state index contributed by atoms with van der Waals surface area (Å²) in [5.74, 6) is 1.16. The summed E-state index contributed by atoms with van der Waals surface area (Å²) >= 11 is 3.67. The lowest BCUT2D eigenvalue weighted by molar-refractivity contribution is 0.220. The van der Waals surface area contributed by atoms with Crippen LogP contribution in [0.2, 0.25) is 0 Å². The highest BCUT2D eigenvalue weighted by molar-refractivity contribution is 9.10. The summed E-state index contributed by atoms with van der Waals surface area (Å²) in [4.78, 5) is 0. The number of hydrogen-bond acceptors (Lipinski definition) is 2. The summed E-state index contributed by atoms with van der Waals surface area (Å²) in [6.45, 7) is 6.55. The Kier molecular flexibility index (Phi) is 4.60. The van der Waals surface area contributed by atoms with Crippen molar-refractivity contribution in [3.63, 3.8) is 0 Å². The lowest BCUT2D eigenvalue weighted by Crippen LogP contribution is -2.43. The van der Waals surface area contributed by atoms with Crippen LogP contribution < -0.4 is 10.1 Å². The highest BCUT2D eigenvalue weighted by Crippen LogP contribution is 2.43. The molecule has 116 valence electrons. The van der Waals surface area contributed by atoms with Crippen LogP contribution in [0.5, 0.6) is 5.75 Å². The molecule has 0 saturated heterocycles. The quantitative estimate of drug-likeness (QED) is 0.843. The molecule has 1 aromatic rings. The molecule has 1 N–H and O–H groups in total. The number of hydrogen-bond donors (Lipinski definition) is 1. The van der Waals surface area contributed by atoms with Crippen molar-refractivity contribution in [3.8, 4) is 5.75 Å². The molecule has 1 atom stereocenters. The van der Waals surface area contributed by atoms with Crippen LogP contribution in [0.25, 0.3) is 0 Å². The first-order valence-corrected chi connectivity index (χ1v) is 9.09. The molecule has 1 heterocycles. The van der Waals surface area contributed by atoms with Crippen molar-refractivity contribution in [1.82, 2.24) is 5.32 Å². The van der Waals surface area contributed by atoms with E-state index in [2.05, 4.69) is 47.2 Å². The molecule has 1 saturated carbocycles. The first-order chi connectivity index (χ1) is 10.1. The molecule has 3 rings (SSSR count). The van der Waals surface area contributed by atoms with E-state index in [-0.39, 0.29) is 0 Å². The van der Waals surface area contributed by atoms with Crippen molar-refractivity contribution >= 4 is 15.9 Å². The van der Waals surface area contributed by atoms with E-state index in [1.54, 1.807) is 0 Å². The minimum atomic E-state index is 0.434. The third-order valence-corrected chi connectivity index (χ3v) is 5.74. The third-order valence-electron chi connectivity index (χ3n) is 5.29. The monoisotopic (exact) mass is 351 g/mol. The van der Waals surface area contributed by atoms with E-state index in [0.29, 0.717) is 11.5 Å². The fourth-order valence-electron chi connectivity index (χ4n) is 4.06. The number of rotatable bonds is 5. The second-order valence-electron chi connectivity index (χ2n) is 6.83. The van der Waals surface area contributed by atoms with Crippen LogP contribution in [-0.4, -0.2) is 19.2 Å². The fraction of sp³-hybridized carbons (Fsp3) is 0.667. The van der Waals surface area contributed by atoms with Crippen molar-refractivity contribution in [1.29, 1.82) is 0 Å². The highest BCUT2D eigenvalue weighted by Gasteiger charge is 2.37. The number of fused-ring (bicyclic) bond motifs is 1. The van der Waals surface area contributed by atoms with Crippen LogP contribution in [0.4, 0.5) is 0 Å². The van der Waals surface area contributed by atoms with Crippen LogP contribution in [0.15, 0.2) is 16.6 Å². The third kappa shape index (κ3) is 3.14. The molecule has 0 bridgehead atoms. The van der Waals surface area contributed by atoms with E-state index in [0.717, 1.165) is 31.7 Å². The van der Waals surface area contributed by atoms with Gasteiger partial charge in [0, 0.05) is 16.9 Å². The Labute approximate surface area is 136 Å². The van der Waals surface area contributed by atoms with Gasteiger partial charge in [0.15, 0.2) is 0 Å². The standard InChI is InChI=1S/C18H26BrNO/c1-3-20-16(18(2)7-4-5-8-18)12-14-11-15(19)10-13-6-9-21-17(13)14/h10-11,16,20H,3-9,12H2,1-2H3. The number of benzene rings is 1. The van der Waals surface area contributed by atoms with Gasteiger partial charge in [-0.15, -0.1) is 0 Å². The lowest BCUT2D eigenvalue weighted by Gasteiger charge is -2.35. The Morgan fingerprint density at radius 2 is 2.10 bits per heavy atom. The van der Waals surface area contributed by atoms with Crippen molar-refractivity contribution in [3.05, 3.63) is 27.7 Å². The van der Waals surface area contributed by atoms with Gasteiger partial charge in [0.1, 0.15) is 5.75 Å². The van der Waals surface area contributed by atoms with Gasteiger partial charge in [-0.3, -0.25) is 0 Å². The summed E-state index contributed by atoms with van der Waals surface area (Å²) in [6.07, 6.45) is 7.58. The molecule has 2 nitrogen and oxygen atoms in total. The van der Waals surface area contributed by atoms with Gasteiger partial charge in [-0.05, 0) is 54.5 Å². The summed E-state index contributed by atoms with van der Waals surface area (Å²) in [6, 6.07) is 5.02. The van der Waals surface area contributed by atoms with Crippen molar-refractivity contribution < 1.29 is 4.74 Å². The number of halogens is 1. The second-order valence-corrected chi connectivity index (χ2v) is 7.74. The molecule has 0 aromatic heterocycles. The zero-order valence-corrected chi connectivity index (χ0v) is 14.8. The Hall–Kier alpha value is -0.540. The van der Waals surface area contributed by atoms with E-state index in [1.807, 2.05) is 0 Å². The second kappa shape index (κ2) is 6.29. The molecular weight excluding hydrogens is 326 g/mol. The van der Waals surface area contributed by atoms with Gasteiger partial charge in [-0.1, -0.05) is 42.6 Å². The van der Waals surface area contributed by atoms with Gasteiger partial charge < -0.3 is 10.1 Å². The van der Waals surface area contributed by atoms with Crippen LogP contribution >= 0.6 is 15.9 Å². The Bertz CT molecular complexity index is 508. The molecular formula is C18H26BrNO. The molecule has 21 heavy (non-hydrogen) atoms. The molecule has 3 heteroatoms. The van der Waals surface area contributed by atoms with E-state index in [9.17, 15) is 0 Å². The maximum absolute atomic E-state index is 5.91. The van der Waals surface area contributed by atoms with Gasteiger partial charge in [-0.25, -0.2) is 0 Å². The van der Waals surface area contributed by atoms with Crippen LogP contribution in [0, 0.1) is 5.41 Å². The molecule has 1 aliphatic heterocycles. The number of nitrogens with one attached hydrogen (secondary N) is 1. The Morgan fingerprint density at radius 3 is 2.81 bits per heavy atom. The fourth-order valence-corrected chi connectivity index (χ4v) is 4.61. The summed E-state index contributed by atoms with van der Waals surface area (Å²) in [7, 11) is 0. The lowest BCUT2D eigenvalue weighted by atomic mass is 9.77. The van der Waals surface area contributed by atoms with Gasteiger partial charge in [-0.2, -0.15) is 0 Å². The molecule has 2 aliphatic rings. The molecule has 0 radical (unpaired) electrons. The van der Waals surface area contributed by atoms with Gasteiger partial charge in [0.25, 0.3) is 0 Å². The molecule has 1 aliphatic carbocycles. The summed E-state index contributed by atoms with van der Waals surface area (Å²) < 4.78 is 7.10. The number of ether oxygens (including phenoxy) is 1. The van der Waals surface area contributed by atoms with Crippen molar-refractivity contribution in [2.75, 3.05) is 13.2 Å². The Balaban J connectivity index is 1.86. The average molecular weight is 352 g/mol. The number of likely N-dealkylation sites (N-methyl/N-ethyl adjacent to an activating group) is 1. The largest absolute Gasteiger partial charge is 0.493 e. The normalized spacial score (nSPS) is 21.1. The predicted molar refractivity (Wildman–Crippen MR) is 91.1 cm³/mol. The topological polar surface area (TPSA) is 21.3 Å². The molecule has 1 aromatic carbocycles. The zero-order valence-electron chi connectivity index (χ0n) is 13.2. The maximum atomic E-state index is 5.91. The predicted octanol–water partition coefficient (Wildman–Crippen LogP) is 4.48. The molecule has 1 fully saturated rings. The van der Waals surface area contributed by atoms with Crippen molar-refractivity contribution in [2.24, 2.45) is 5.41 Å². The summed E-state index contributed by atoms with van der Waals surface area (Å²) in [5, 5.41) is 3.75. The highest BCUT2D eigenvalue weighted by atomic mass is 79.9. The molecule has 1 unspecified atom stereocenters. The van der Waals surface area contributed by atoms with Crippen LogP contribution in [-0.2, 0) is 12.8 Å². The van der Waals surface area contributed by atoms with E-state index in [1.165, 1.54) is 41.3 Å². The smallest absolute Gasteiger partial charge is 0.125 e. The minimum absolute atomic E-state index is 0.434. The molecule has 0 amide bonds. The maximum Gasteiger partial charge on any atom is 0.125 e. The first kappa shape index (κ1) is 15.4. The van der Waals surface area contributed by atoms with E-state index < -0.39 is 0 Å². The van der Waals surface area contributed by atoms with E-state index in [4.69, 9.17) is 4.74 Å². The first-order valence-electron chi connectivity index (χ1n) is 8.30. The van der Waals surface area contributed by atoms with Gasteiger partial charge in [0.05, 0.1) is 6.61 Å². The average Bonchev–Trinajstić information content (AvgIpc) is 3.07. The Morgan fingerprint density at radius 1 is 1.33 bits per heavy atom. The molecule has 0 spiro atoms. The van der Waals surface area contributed by atoms with Gasteiger partial charge >= 0.3 is 0 Å². The van der Waals surface area contributed by atoms with Crippen molar-refractivity contribution in [2.45, 2.75) is 58.4 Å². The minimum Gasteiger partial charge on any atom is -0.493 e. The van der Waals surface area contributed by atoms with Crippen LogP contribution in [0.3, 0.4) is 0 Å². The SMILES string of the molecule is CCNC(Cc1cc(Br)cc2c1OCC2)C1(C)CCCC1. The van der Waals surface area contributed by atoms with Crippen LogP contribution in [0.1, 0.15) is 50.7 Å². The van der Waals surface area contributed by atoms with Gasteiger partial charge in [0.2, 0.25) is 0 Å².